The van der Waals surface area contributed by atoms with Crippen LogP contribution in [0.1, 0.15) is 57.9 Å². The average molecular weight is 345 g/mol. The van der Waals surface area contributed by atoms with Gasteiger partial charge in [0.2, 0.25) is 5.91 Å². The smallest absolute Gasteiger partial charge is 0.227 e. The van der Waals surface area contributed by atoms with Crippen LogP contribution in [0.5, 0.6) is 0 Å². The van der Waals surface area contributed by atoms with Crippen molar-refractivity contribution in [2.45, 2.75) is 58.9 Å². The van der Waals surface area contributed by atoms with Gasteiger partial charge < -0.3 is 16.0 Å². The van der Waals surface area contributed by atoms with E-state index >= 15 is 0 Å². The van der Waals surface area contributed by atoms with Crippen LogP contribution >= 0.6 is 0 Å². The van der Waals surface area contributed by atoms with Crippen molar-refractivity contribution in [3.05, 3.63) is 29.8 Å². The Bertz CT molecular complexity index is 565. The number of carbonyl (C=O) groups is 1. The summed E-state index contributed by atoms with van der Waals surface area (Å²) in [5.41, 5.74) is 1.96. The van der Waals surface area contributed by atoms with Gasteiger partial charge in [-0.2, -0.15) is 0 Å². The van der Waals surface area contributed by atoms with Gasteiger partial charge in [-0.25, -0.2) is 4.99 Å². The Morgan fingerprint density at radius 1 is 1.20 bits per heavy atom. The number of amides is 1. The van der Waals surface area contributed by atoms with Gasteiger partial charge in [0.1, 0.15) is 0 Å². The Balaban J connectivity index is 1.92. The molecular formula is C20H32N4O. The molecule has 0 bridgehead atoms. The quantitative estimate of drug-likeness (QED) is 0.383. The molecule has 0 aliphatic heterocycles. The number of guanidine groups is 1. The number of unbranched alkanes of at least 4 members (excludes halogenated alkanes) is 1. The molecule has 5 nitrogen and oxygen atoms in total. The summed E-state index contributed by atoms with van der Waals surface area (Å²) >= 11 is 0. The zero-order valence-corrected chi connectivity index (χ0v) is 15.6. The summed E-state index contributed by atoms with van der Waals surface area (Å²) in [7, 11) is 0. The summed E-state index contributed by atoms with van der Waals surface area (Å²) in [4.78, 5) is 16.9. The number of aliphatic imine (C=N–C) groups is 1. The lowest BCUT2D eigenvalue weighted by atomic mass is 10.1. The zero-order valence-electron chi connectivity index (χ0n) is 15.6. The fraction of sp³-hybridized carbons (Fsp3) is 0.600. The molecule has 1 aliphatic carbocycles. The van der Waals surface area contributed by atoms with E-state index in [0.717, 1.165) is 56.0 Å². The number of hydrogen-bond acceptors (Lipinski definition) is 2. The maximum absolute atomic E-state index is 12.3. The minimum atomic E-state index is 0.160. The summed E-state index contributed by atoms with van der Waals surface area (Å²) < 4.78 is 0. The Morgan fingerprint density at radius 3 is 2.72 bits per heavy atom. The monoisotopic (exact) mass is 344 g/mol. The van der Waals surface area contributed by atoms with Crippen molar-refractivity contribution in [3.8, 4) is 0 Å². The van der Waals surface area contributed by atoms with Gasteiger partial charge in [0.25, 0.3) is 0 Å². The van der Waals surface area contributed by atoms with Crippen LogP contribution in [-0.4, -0.2) is 25.0 Å². The summed E-state index contributed by atoms with van der Waals surface area (Å²) in [5, 5.41) is 9.67. The van der Waals surface area contributed by atoms with Crippen molar-refractivity contribution in [3.63, 3.8) is 0 Å². The highest BCUT2D eigenvalue weighted by atomic mass is 16.1. The molecule has 138 valence electrons. The second kappa shape index (κ2) is 10.7. The van der Waals surface area contributed by atoms with Crippen molar-refractivity contribution in [2.24, 2.45) is 10.9 Å². The third kappa shape index (κ3) is 6.77. The molecular weight excluding hydrogens is 312 g/mol. The lowest BCUT2D eigenvalue weighted by Crippen LogP contribution is -2.37. The van der Waals surface area contributed by atoms with Gasteiger partial charge in [-0.15, -0.1) is 0 Å². The fourth-order valence-electron chi connectivity index (χ4n) is 3.08. The number of nitrogens with zero attached hydrogens (tertiary/aromatic N) is 1. The third-order valence-corrected chi connectivity index (χ3v) is 4.51. The van der Waals surface area contributed by atoms with Crippen LogP contribution in [0.4, 0.5) is 5.69 Å². The molecule has 0 atom stereocenters. The second-order valence-electron chi connectivity index (χ2n) is 6.65. The Labute approximate surface area is 151 Å². The van der Waals surface area contributed by atoms with Crippen LogP contribution in [0, 0.1) is 5.92 Å². The molecule has 0 unspecified atom stereocenters. The molecule has 2 rings (SSSR count). The highest BCUT2D eigenvalue weighted by Gasteiger charge is 2.22. The first kappa shape index (κ1) is 19.3. The molecule has 0 aromatic heterocycles. The molecule has 0 spiro atoms. The fourth-order valence-corrected chi connectivity index (χ4v) is 3.08. The maximum atomic E-state index is 12.3. The maximum Gasteiger partial charge on any atom is 0.227 e. The first-order chi connectivity index (χ1) is 12.2. The van der Waals surface area contributed by atoms with E-state index in [1.807, 2.05) is 24.3 Å². The average Bonchev–Trinajstić information content (AvgIpc) is 3.15. The van der Waals surface area contributed by atoms with Gasteiger partial charge in [0, 0.05) is 24.7 Å². The minimum absolute atomic E-state index is 0.160. The molecule has 1 saturated carbocycles. The summed E-state index contributed by atoms with van der Waals surface area (Å²) in [6.07, 6.45) is 6.68. The van der Waals surface area contributed by atoms with Crippen LogP contribution in [0.2, 0.25) is 0 Å². The predicted octanol–water partition coefficient (Wildman–Crippen LogP) is 3.67. The van der Waals surface area contributed by atoms with E-state index in [1.165, 1.54) is 12.8 Å². The Morgan fingerprint density at radius 2 is 2.00 bits per heavy atom. The van der Waals surface area contributed by atoms with E-state index in [4.69, 9.17) is 0 Å². The van der Waals surface area contributed by atoms with Crippen LogP contribution in [-0.2, 0) is 11.3 Å². The lowest BCUT2D eigenvalue weighted by Gasteiger charge is -2.12. The van der Waals surface area contributed by atoms with E-state index in [2.05, 4.69) is 34.8 Å². The zero-order chi connectivity index (χ0) is 17.9. The van der Waals surface area contributed by atoms with Crippen molar-refractivity contribution >= 4 is 17.6 Å². The molecule has 1 aromatic carbocycles. The van der Waals surface area contributed by atoms with Crippen molar-refractivity contribution in [1.82, 2.24) is 10.6 Å². The highest BCUT2D eigenvalue weighted by molar-refractivity contribution is 5.92. The van der Waals surface area contributed by atoms with Crippen molar-refractivity contribution in [2.75, 3.05) is 18.4 Å². The van der Waals surface area contributed by atoms with Crippen LogP contribution in [0.15, 0.2) is 29.3 Å². The molecule has 1 aromatic rings. The Kier molecular flexibility index (Phi) is 8.29. The number of carbonyl (C=O) groups excluding carboxylic acids is 1. The number of hydrogen-bond donors (Lipinski definition) is 3. The van der Waals surface area contributed by atoms with Gasteiger partial charge in [-0.05, 0) is 43.9 Å². The topological polar surface area (TPSA) is 65.5 Å². The number of rotatable bonds is 8. The largest absolute Gasteiger partial charge is 0.357 e. The molecule has 5 heteroatoms. The molecule has 1 aliphatic rings. The summed E-state index contributed by atoms with van der Waals surface area (Å²) in [6.45, 7) is 6.61. The van der Waals surface area contributed by atoms with Crippen molar-refractivity contribution < 1.29 is 4.79 Å². The van der Waals surface area contributed by atoms with Crippen LogP contribution in [0.25, 0.3) is 0 Å². The first-order valence-corrected chi connectivity index (χ1v) is 9.65. The third-order valence-electron chi connectivity index (χ3n) is 4.51. The van der Waals surface area contributed by atoms with Crippen LogP contribution < -0.4 is 16.0 Å². The number of nitrogens with one attached hydrogen (secondary N) is 3. The van der Waals surface area contributed by atoms with Gasteiger partial charge in [-0.3, -0.25) is 4.79 Å². The number of benzene rings is 1. The van der Waals surface area contributed by atoms with Crippen molar-refractivity contribution in [1.29, 1.82) is 0 Å². The summed E-state index contributed by atoms with van der Waals surface area (Å²) in [6, 6.07) is 7.99. The Hall–Kier alpha value is -2.04. The lowest BCUT2D eigenvalue weighted by molar-refractivity contribution is -0.119. The van der Waals surface area contributed by atoms with Gasteiger partial charge in [0.15, 0.2) is 5.96 Å². The van der Waals surface area contributed by atoms with E-state index in [1.54, 1.807) is 0 Å². The molecule has 3 N–H and O–H groups in total. The predicted molar refractivity (Wildman–Crippen MR) is 105 cm³/mol. The molecule has 0 radical (unpaired) electrons. The normalized spacial score (nSPS) is 15.2. The summed E-state index contributed by atoms with van der Waals surface area (Å²) in [5.74, 6) is 1.19. The number of anilines is 1. The van der Waals surface area contributed by atoms with E-state index in [0.29, 0.717) is 6.54 Å². The minimum Gasteiger partial charge on any atom is -0.357 e. The highest BCUT2D eigenvalue weighted by Crippen LogP contribution is 2.26. The molecule has 1 amide bonds. The van der Waals surface area contributed by atoms with Gasteiger partial charge >= 0.3 is 0 Å². The molecule has 25 heavy (non-hydrogen) atoms. The second-order valence-corrected chi connectivity index (χ2v) is 6.65. The van der Waals surface area contributed by atoms with Crippen LogP contribution in [0.3, 0.4) is 0 Å². The van der Waals surface area contributed by atoms with E-state index < -0.39 is 0 Å². The van der Waals surface area contributed by atoms with E-state index in [9.17, 15) is 4.79 Å². The van der Waals surface area contributed by atoms with E-state index in [-0.39, 0.29) is 11.8 Å². The van der Waals surface area contributed by atoms with Gasteiger partial charge in [-0.1, -0.05) is 38.3 Å². The molecule has 1 fully saturated rings. The first-order valence-electron chi connectivity index (χ1n) is 9.65. The SMILES string of the molecule is CCCCNC(=NCc1cccc(NC(=O)C2CCCC2)c1)NCC. The van der Waals surface area contributed by atoms with Gasteiger partial charge in [0.05, 0.1) is 6.54 Å². The molecule has 0 saturated heterocycles. The molecule has 0 heterocycles. The standard InChI is InChI=1S/C20H32N4O/c1-3-5-13-22-20(21-4-2)23-15-16-9-8-12-18(14-16)24-19(25)17-10-6-7-11-17/h8-9,12,14,17H,3-7,10-11,13,15H2,1-2H3,(H,24,25)(H2,21,22,23).